The number of ether oxygens (including phenoxy) is 1. The van der Waals surface area contributed by atoms with Crippen LogP contribution in [0.4, 0.5) is 16.2 Å². The van der Waals surface area contributed by atoms with Gasteiger partial charge in [-0.3, -0.25) is 25.0 Å². The summed E-state index contributed by atoms with van der Waals surface area (Å²) in [5.74, 6) is -1.23. The van der Waals surface area contributed by atoms with E-state index in [9.17, 15) is 24.5 Å². The van der Waals surface area contributed by atoms with Crippen LogP contribution >= 0.6 is 0 Å². The Labute approximate surface area is 206 Å². The Bertz CT molecular complexity index is 1480. The summed E-state index contributed by atoms with van der Waals surface area (Å²) in [7, 11) is 1.42. The summed E-state index contributed by atoms with van der Waals surface area (Å²) < 4.78 is 7.20. The average Bonchev–Trinajstić information content (AvgIpc) is 3.10. The largest absolute Gasteiger partial charge is 0.494 e. The second-order valence-corrected chi connectivity index (χ2v) is 8.50. The smallest absolute Gasteiger partial charge is 0.335 e. The van der Waals surface area contributed by atoms with Crippen molar-refractivity contribution in [2.45, 2.75) is 27.7 Å². The first-order valence-corrected chi connectivity index (χ1v) is 11.0. The van der Waals surface area contributed by atoms with E-state index in [1.807, 2.05) is 25.3 Å². The number of nitrogens with one attached hydrogen (secondary N) is 1. The van der Waals surface area contributed by atoms with E-state index in [2.05, 4.69) is 5.32 Å². The summed E-state index contributed by atoms with van der Waals surface area (Å²) in [6, 6.07) is 10.4. The second-order valence-electron chi connectivity index (χ2n) is 8.50. The molecule has 0 atom stereocenters. The van der Waals surface area contributed by atoms with Crippen molar-refractivity contribution in [3.8, 4) is 11.4 Å². The predicted molar refractivity (Wildman–Crippen MR) is 133 cm³/mol. The molecule has 1 saturated heterocycles. The van der Waals surface area contributed by atoms with Gasteiger partial charge >= 0.3 is 6.03 Å². The number of aryl methyl sites for hydroxylation is 3. The summed E-state index contributed by atoms with van der Waals surface area (Å²) >= 11 is 0. The number of aromatic nitrogens is 1. The zero-order chi connectivity index (χ0) is 26.3. The number of anilines is 1. The Morgan fingerprint density at radius 2 is 1.69 bits per heavy atom. The summed E-state index contributed by atoms with van der Waals surface area (Å²) in [5.41, 5.74) is 4.51. The fourth-order valence-corrected chi connectivity index (χ4v) is 4.18. The summed E-state index contributed by atoms with van der Waals surface area (Å²) in [5, 5.41) is 13.4. The van der Waals surface area contributed by atoms with Gasteiger partial charge in [0.2, 0.25) is 0 Å². The molecule has 3 aromatic rings. The van der Waals surface area contributed by atoms with Gasteiger partial charge in [-0.2, -0.15) is 0 Å². The first-order chi connectivity index (χ1) is 17.0. The van der Waals surface area contributed by atoms with E-state index in [4.69, 9.17) is 4.74 Å². The molecule has 0 aliphatic carbocycles. The van der Waals surface area contributed by atoms with Crippen LogP contribution in [0.15, 0.2) is 48.0 Å². The van der Waals surface area contributed by atoms with E-state index in [0.29, 0.717) is 28.4 Å². The van der Waals surface area contributed by atoms with Crippen molar-refractivity contribution < 1.29 is 24.0 Å². The number of carbonyl (C=O) groups excluding carboxylic acids is 3. The average molecular weight is 489 g/mol. The van der Waals surface area contributed by atoms with Crippen LogP contribution in [0, 0.1) is 37.8 Å². The molecule has 2 aromatic carbocycles. The van der Waals surface area contributed by atoms with Gasteiger partial charge in [0.1, 0.15) is 11.3 Å². The van der Waals surface area contributed by atoms with E-state index < -0.39 is 22.8 Å². The van der Waals surface area contributed by atoms with Gasteiger partial charge in [-0.05, 0) is 74.7 Å². The molecule has 10 heteroatoms. The molecule has 1 fully saturated rings. The SMILES string of the molecule is COc1cc([N+](=O)[O-])ccc1-n1c(C)cc(/C=C2\C(=O)NC(=O)N(c3ccc(C)c(C)c3)C2=O)c1C. The third-order valence-electron chi connectivity index (χ3n) is 6.24. The van der Waals surface area contributed by atoms with Crippen molar-refractivity contribution in [3.63, 3.8) is 0 Å². The van der Waals surface area contributed by atoms with Crippen LogP contribution in [-0.2, 0) is 9.59 Å². The van der Waals surface area contributed by atoms with Crippen LogP contribution < -0.4 is 15.0 Å². The highest BCUT2D eigenvalue weighted by atomic mass is 16.6. The van der Waals surface area contributed by atoms with E-state index in [1.165, 1.54) is 25.3 Å². The monoisotopic (exact) mass is 488 g/mol. The Kier molecular flexibility index (Phi) is 6.19. The Morgan fingerprint density at radius 1 is 0.972 bits per heavy atom. The number of urea groups is 1. The van der Waals surface area contributed by atoms with E-state index in [0.717, 1.165) is 21.7 Å². The van der Waals surface area contributed by atoms with Crippen LogP contribution in [0.25, 0.3) is 11.8 Å². The molecule has 0 spiro atoms. The molecule has 1 aliphatic rings. The molecule has 2 heterocycles. The lowest BCUT2D eigenvalue weighted by Crippen LogP contribution is -2.54. The highest BCUT2D eigenvalue weighted by Gasteiger charge is 2.37. The Hall–Kier alpha value is -4.73. The molecule has 0 radical (unpaired) electrons. The first kappa shape index (κ1) is 24.4. The fourth-order valence-electron chi connectivity index (χ4n) is 4.18. The molecule has 0 bridgehead atoms. The quantitative estimate of drug-likeness (QED) is 0.247. The van der Waals surface area contributed by atoms with Gasteiger partial charge in [0, 0.05) is 17.5 Å². The van der Waals surface area contributed by atoms with Gasteiger partial charge in [-0.15, -0.1) is 0 Å². The van der Waals surface area contributed by atoms with E-state index >= 15 is 0 Å². The predicted octanol–water partition coefficient (Wildman–Crippen LogP) is 4.29. The minimum absolute atomic E-state index is 0.110. The topological polar surface area (TPSA) is 124 Å². The van der Waals surface area contributed by atoms with Crippen LogP contribution in [0.3, 0.4) is 0 Å². The molecule has 4 amide bonds. The van der Waals surface area contributed by atoms with Crippen molar-refractivity contribution >= 4 is 35.3 Å². The number of amides is 4. The summed E-state index contributed by atoms with van der Waals surface area (Å²) in [6.45, 7) is 7.40. The molecule has 0 unspecified atom stereocenters. The lowest BCUT2D eigenvalue weighted by atomic mass is 10.1. The minimum Gasteiger partial charge on any atom is -0.494 e. The number of hydrogen-bond acceptors (Lipinski definition) is 6. The molecule has 36 heavy (non-hydrogen) atoms. The molecule has 10 nitrogen and oxygen atoms in total. The maximum Gasteiger partial charge on any atom is 0.335 e. The third-order valence-corrected chi connectivity index (χ3v) is 6.24. The van der Waals surface area contributed by atoms with Gasteiger partial charge in [0.15, 0.2) is 0 Å². The fraction of sp³-hybridized carbons (Fsp3) is 0.192. The van der Waals surface area contributed by atoms with Crippen molar-refractivity contribution in [2.24, 2.45) is 0 Å². The lowest BCUT2D eigenvalue weighted by Gasteiger charge is -2.26. The van der Waals surface area contributed by atoms with Gasteiger partial charge in [-0.1, -0.05) is 6.07 Å². The number of non-ortho nitro benzene ring substituents is 1. The number of carbonyl (C=O) groups is 3. The van der Waals surface area contributed by atoms with Crippen LogP contribution in [0.1, 0.15) is 28.1 Å². The number of hydrogen-bond donors (Lipinski definition) is 1. The zero-order valence-electron chi connectivity index (χ0n) is 20.4. The number of nitrogens with zero attached hydrogens (tertiary/aromatic N) is 3. The number of nitro benzene ring substituents is 1. The van der Waals surface area contributed by atoms with Gasteiger partial charge in [-0.25, -0.2) is 9.69 Å². The highest BCUT2D eigenvalue weighted by Crippen LogP contribution is 2.32. The molecule has 4 rings (SSSR count). The lowest BCUT2D eigenvalue weighted by molar-refractivity contribution is -0.384. The van der Waals surface area contributed by atoms with Gasteiger partial charge in [0.25, 0.3) is 17.5 Å². The van der Waals surface area contributed by atoms with Crippen molar-refractivity contribution in [1.82, 2.24) is 9.88 Å². The Morgan fingerprint density at radius 3 is 2.33 bits per heavy atom. The zero-order valence-corrected chi connectivity index (χ0v) is 20.4. The van der Waals surface area contributed by atoms with Crippen molar-refractivity contribution in [2.75, 3.05) is 12.0 Å². The number of imide groups is 2. The number of barbiturate groups is 1. The minimum atomic E-state index is -0.813. The van der Waals surface area contributed by atoms with Crippen LogP contribution in [0.2, 0.25) is 0 Å². The second kappa shape index (κ2) is 9.14. The molecule has 0 saturated carbocycles. The summed E-state index contributed by atoms with van der Waals surface area (Å²) in [6.07, 6.45) is 1.44. The number of benzene rings is 2. The first-order valence-electron chi connectivity index (χ1n) is 11.0. The highest BCUT2D eigenvalue weighted by molar-refractivity contribution is 6.39. The maximum atomic E-state index is 13.3. The van der Waals surface area contributed by atoms with Crippen molar-refractivity contribution in [3.05, 3.63) is 86.2 Å². The van der Waals surface area contributed by atoms with Crippen LogP contribution in [0.5, 0.6) is 5.75 Å². The molecule has 1 aromatic heterocycles. The van der Waals surface area contributed by atoms with Gasteiger partial charge in [0.05, 0.1) is 29.5 Å². The normalized spacial score (nSPS) is 14.9. The van der Waals surface area contributed by atoms with Gasteiger partial charge < -0.3 is 9.30 Å². The molecular weight excluding hydrogens is 464 g/mol. The third kappa shape index (κ3) is 4.13. The molecule has 1 N–H and O–H groups in total. The number of rotatable bonds is 5. The molecule has 184 valence electrons. The van der Waals surface area contributed by atoms with Crippen molar-refractivity contribution in [1.29, 1.82) is 0 Å². The Balaban J connectivity index is 1.78. The number of methoxy groups -OCH3 is 1. The van der Waals surface area contributed by atoms with E-state index in [1.54, 1.807) is 37.3 Å². The standard InChI is InChI=1S/C26H24N4O6/c1-14-6-7-19(10-15(14)2)29-25(32)21(24(31)27-26(29)33)12-18-11-16(3)28(17(18)4)22-9-8-20(30(34)35)13-23(22)36-5/h6-13H,1-5H3,(H,27,31,33)/b21-12+. The molecular formula is C26H24N4O6. The van der Waals surface area contributed by atoms with E-state index in [-0.39, 0.29) is 11.3 Å². The van der Waals surface area contributed by atoms with Crippen LogP contribution in [-0.4, -0.2) is 34.4 Å². The summed E-state index contributed by atoms with van der Waals surface area (Å²) in [4.78, 5) is 50.1. The maximum absolute atomic E-state index is 13.3. The molecule has 1 aliphatic heterocycles. The number of nitro groups is 1.